The Bertz CT molecular complexity index is 525. The van der Waals surface area contributed by atoms with Crippen molar-refractivity contribution in [1.29, 1.82) is 0 Å². The quantitative estimate of drug-likeness (QED) is 0.846. The summed E-state index contributed by atoms with van der Waals surface area (Å²) >= 11 is 0. The van der Waals surface area contributed by atoms with Gasteiger partial charge in [-0.15, -0.1) is 0 Å². The van der Waals surface area contributed by atoms with E-state index in [1.54, 1.807) is 0 Å². The molecule has 2 heterocycles. The lowest BCUT2D eigenvalue weighted by molar-refractivity contribution is 0.686. The van der Waals surface area contributed by atoms with Crippen molar-refractivity contribution in [1.82, 2.24) is 20.1 Å². The molecule has 1 aliphatic carbocycles. The smallest absolute Gasteiger partial charge is 0.157 e. The Labute approximate surface area is 94.7 Å². The minimum atomic E-state index is 0.741. The van der Waals surface area contributed by atoms with E-state index in [9.17, 15) is 0 Å². The molecule has 1 fully saturated rings. The molecule has 1 N–H and O–H groups in total. The molecule has 0 spiro atoms. The van der Waals surface area contributed by atoms with Crippen LogP contribution in [0.15, 0.2) is 12.3 Å². The Hall–Kier alpha value is -1.42. The maximum Gasteiger partial charge on any atom is 0.157 e. The van der Waals surface area contributed by atoms with Crippen LogP contribution in [0.25, 0.3) is 11.0 Å². The molecule has 1 saturated carbocycles. The van der Waals surface area contributed by atoms with E-state index in [1.165, 1.54) is 18.4 Å². The summed E-state index contributed by atoms with van der Waals surface area (Å²) in [5.74, 6) is 0. The topological polar surface area (TPSA) is 42.7 Å². The average Bonchev–Trinajstić information content (AvgIpc) is 3.05. The lowest BCUT2D eigenvalue weighted by atomic mass is 10.2. The molecule has 2 aromatic rings. The molecule has 0 unspecified atom stereocenters. The molecule has 0 aliphatic heterocycles. The van der Waals surface area contributed by atoms with Crippen molar-refractivity contribution in [2.45, 2.75) is 32.4 Å². The maximum absolute atomic E-state index is 4.46. The zero-order chi connectivity index (χ0) is 11.1. The van der Waals surface area contributed by atoms with Gasteiger partial charge in [0.05, 0.1) is 5.69 Å². The lowest BCUT2D eigenvalue weighted by Crippen LogP contribution is -2.15. The van der Waals surface area contributed by atoms with E-state index in [0.29, 0.717) is 0 Å². The standard InChI is InChI=1S/C12H16N4/c1-8-11-5-9(6-13-10-3-4-10)7-14-12(11)16(2)15-8/h5,7,10,13H,3-4,6H2,1-2H3. The first-order chi connectivity index (χ1) is 7.74. The number of aryl methyl sites for hydroxylation is 2. The van der Waals surface area contributed by atoms with Gasteiger partial charge in [0.15, 0.2) is 5.65 Å². The van der Waals surface area contributed by atoms with Crippen LogP contribution in [0.4, 0.5) is 0 Å². The van der Waals surface area contributed by atoms with Crippen LogP contribution in [0.5, 0.6) is 0 Å². The van der Waals surface area contributed by atoms with Crippen LogP contribution in [0.2, 0.25) is 0 Å². The van der Waals surface area contributed by atoms with Gasteiger partial charge in [0.2, 0.25) is 0 Å². The SMILES string of the molecule is Cc1nn(C)c2ncc(CNC3CC3)cc12. The van der Waals surface area contributed by atoms with Crippen LogP contribution in [-0.2, 0) is 13.6 Å². The van der Waals surface area contributed by atoms with Crippen LogP contribution in [0.1, 0.15) is 24.1 Å². The van der Waals surface area contributed by atoms with Gasteiger partial charge in [-0.25, -0.2) is 4.98 Å². The van der Waals surface area contributed by atoms with E-state index in [2.05, 4.69) is 21.5 Å². The Balaban J connectivity index is 1.91. The Kier molecular flexibility index (Phi) is 2.17. The van der Waals surface area contributed by atoms with E-state index in [4.69, 9.17) is 0 Å². The zero-order valence-corrected chi connectivity index (χ0v) is 9.70. The predicted molar refractivity (Wildman–Crippen MR) is 63.1 cm³/mol. The van der Waals surface area contributed by atoms with Crippen molar-refractivity contribution < 1.29 is 0 Å². The molecule has 0 saturated heterocycles. The minimum Gasteiger partial charge on any atom is -0.310 e. The highest BCUT2D eigenvalue weighted by Gasteiger charge is 2.20. The summed E-state index contributed by atoms with van der Waals surface area (Å²) in [6.45, 7) is 2.95. The Morgan fingerprint density at radius 1 is 1.50 bits per heavy atom. The summed E-state index contributed by atoms with van der Waals surface area (Å²) in [6.07, 6.45) is 4.59. The third-order valence-electron chi connectivity index (χ3n) is 3.09. The molecular formula is C12H16N4. The first-order valence-corrected chi connectivity index (χ1v) is 5.75. The molecule has 0 atom stereocenters. The third kappa shape index (κ3) is 1.69. The molecule has 4 nitrogen and oxygen atoms in total. The summed E-state index contributed by atoms with van der Waals surface area (Å²) < 4.78 is 1.84. The summed E-state index contributed by atoms with van der Waals surface area (Å²) in [7, 11) is 1.93. The van der Waals surface area contributed by atoms with E-state index >= 15 is 0 Å². The molecule has 16 heavy (non-hydrogen) atoms. The molecule has 1 aliphatic rings. The molecule has 3 rings (SSSR count). The fourth-order valence-corrected chi connectivity index (χ4v) is 2.00. The van der Waals surface area contributed by atoms with Crippen LogP contribution in [0.3, 0.4) is 0 Å². The summed E-state index contributed by atoms with van der Waals surface area (Å²) in [6, 6.07) is 2.94. The number of aromatic nitrogens is 3. The van der Waals surface area contributed by atoms with Crippen LogP contribution in [0, 0.1) is 6.92 Å². The van der Waals surface area contributed by atoms with Crippen molar-refractivity contribution in [3.8, 4) is 0 Å². The number of hydrogen-bond acceptors (Lipinski definition) is 3. The first-order valence-electron chi connectivity index (χ1n) is 5.75. The second-order valence-electron chi connectivity index (χ2n) is 4.58. The van der Waals surface area contributed by atoms with Crippen molar-refractivity contribution in [3.05, 3.63) is 23.5 Å². The van der Waals surface area contributed by atoms with Crippen LogP contribution >= 0.6 is 0 Å². The second kappa shape index (κ2) is 3.56. The van der Waals surface area contributed by atoms with Crippen molar-refractivity contribution in [2.24, 2.45) is 7.05 Å². The molecule has 0 radical (unpaired) electrons. The van der Waals surface area contributed by atoms with Gasteiger partial charge in [0.25, 0.3) is 0 Å². The number of pyridine rings is 1. The van der Waals surface area contributed by atoms with E-state index in [0.717, 1.165) is 29.3 Å². The fourth-order valence-electron chi connectivity index (χ4n) is 2.00. The summed E-state index contributed by atoms with van der Waals surface area (Å²) in [5.41, 5.74) is 3.27. The van der Waals surface area contributed by atoms with Gasteiger partial charge < -0.3 is 5.32 Å². The summed E-state index contributed by atoms with van der Waals surface area (Å²) in [5, 5.41) is 9.03. The van der Waals surface area contributed by atoms with Crippen molar-refractivity contribution in [2.75, 3.05) is 0 Å². The molecule has 84 valence electrons. The fraction of sp³-hybridized carbons (Fsp3) is 0.500. The largest absolute Gasteiger partial charge is 0.310 e. The first kappa shape index (κ1) is 9.78. The average molecular weight is 216 g/mol. The van der Waals surface area contributed by atoms with E-state index in [1.807, 2.05) is 24.9 Å². The minimum absolute atomic E-state index is 0.741. The van der Waals surface area contributed by atoms with Gasteiger partial charge in [-0.1, -0.05) is 0 Å². The van der Waals surface area contributed by atoms with Gasteiger partial charge in [0, 0.05) is 31.2 Å². The molecular weight excluding hydrogens is 200 g/mol. The van der Waals surface area contributed by atoms with Gasteiger partial charge >= 0.3 is 0 Å². The Morgan fingerprint density at radius 3 is 3.06 bits per heavy atom. The van der Waals surface area contributed by atoms with Crippen molar-refractivity contribution >= 4 is 11.0 Å². The van der Waals surface area contributed by atoms with Crippen LogP contribution in [-0.4, -0.2) is 20.8 Å². The molecule has 2 aromatic heterocycles. The normalized spacial score (nSPS) is 15.9. The van der Waals surface area contributed by atoms with Gasteiger partial charge in [-0.3, -0.25) is 4.68 Å². The summed E-state index contributed by atoms with van der Waals surface area (Å²) in [4.78, 5) is 4.46. The van der Waals surface area contributed by atoms with Gasteiger partial charge in [0.1, 0.15) is 0 Å². The number of hydrogen-bond donors (Lipinski definition) is 1. The van der Waals surface area contributed by atoms with Gasteiger partial charge in [-0.05, 0) is 31.4 Å². The predicted octanol–water partition coefficient (Wildman–Crippen LogP) is 1.53. The molecule has 0 bridgehead atoms. The number of nitrogens with zero attached hydrogens (tertiary/aromatic N) is 3. The monoisotopic (exact) mass is 216 g/mol. The highest BCUT2D eigenvalue weighted by atomic mass is 15.3. The third-order valence-corrected chi connectivity index (χ3v) is 3.09. The number of rotatable bonds is 3. The maximum atomic E-state index is 4.46. The number of nitrogens with one attached hydrogen (secondary N) is 1. The highest BCUT2D eigenvalue weighted by molar-refractivity contribution is 5.78. The van der Waals surface area contributed by atoms with E-state index < -0.39 is 0 Å². The van der Waals surface area contributed by atoms with Crippen molar-refractivity contribution in [3.63, 3.8) is 0 Å². The number of fused-ring (bicyclic) bond motifs is 1. The second-order valence-corrected chi connectivity index (χ2v) is 4.58. The Morgan fingerprint density at radius 2 is 2.31 bits per heavy atom. The van der Waals surface area contributed by atoms with Gasteiger partial charge in [-0.2, -0.15) is 5.10 Å². The lowest BCUT2D eigenvalue weighted by Gasteiger charge is -2.02. The zero-order valence-electron chi connectivity index (χ0n) is 9.70. The van der Waals surface area contributed by atoms with Crippen LogP contribution < -0.4 is 5.32 Å². The molecule has 0 amide bonds. The van der Waals surface area contributed by atoms with E-state index in [-0.39, 0.29) is 0 Å². The molecule has 0 aromatic carbocycles. The molecule has 4 heteroatoms. The highest BCUT2D eigenvalue weighted by Crippen LogP contribution is 2.20.